The highest BCUT2D eigenvalue weighted by molar-refractivity contribution is 5.75. The van der Waals surface area contributed by atoms with E-state index in [9.17, 15) is 9.59 Å². The molecule has 3 amide bonds. The molecule has 9 heteroatoms. The molecule has 1 aromatic heterocycles. The number of urea groups is 1. The van der Waals surface area contributed by atoms with Crippen molar-refractivity contribution in [2.45, 2.75) is 12.6 Å². The lowest BCUT2D eigenvalue weighted by atomic mass is 10.2. The Labute approximate surface area is 143 Å². The Balaban J connectivity index is 1.32. The summed E-state index contributed by atoms with van der Waals surface area (Å²) in [5.74, 6) is 0.755. The summed E-state index contributed by atoms with van der Waals surface area (Å²) in [6, 6.07) is 9.14. The number of amides is 3. The van der Waals surface area contributed by atoms with E-state index in [0.29, 0.717) is 38.0 Å². The molecule has 1 atom stereocenters. The molecule has 0 saturated carbocycles. The maximum atomic E-state index is 12.3. The average Bonchev–Trinajstić information content (AvgIpc) is 3.27. The molecule has 2 aliphatic heterocycles. The molecule has 1 N–H and O–H groups in total. The third kappa shape index (κ3) is 3.12. The highest BCUT2D eigenvalue weighted by Crippen LogP contribution is 2.18. The molecule has 9 nitrogen and oxygen atoms in total. The normalized spacial score (nSPS) is 19.5. The van der Waals surface area contributed by atoms with Crippen LogP contribution in [-0.2, 0) is 11.3 Å². The van der Waals surface area contributed by atoms with Gasteiger partial charge in [0, 0.05) is 25.2 Å². The van der Waals surface area contributed by atoms with Crippen molar-refractivity contribution in [3.63, 3.8) is 0 Å². The Bertz CT molecular complexity index is 778. The fraction of sp³-hybridized carbons (Fsp3) is 0.375. The molecule has 2 aromatic rings. The maximum absolute atomic E-state index is 12.3. The Hall–Kier alpha value is -3.10. The molecule has 1 aromatic carbocycles. The molecule has 3 heterocycles. The molecule has 25 heavy (non-hydrogen) atoms. The Morgan fingerprint density at radius 3 is 2.92 bits per heavy atom. The van der Waals surface area contributed by atoms with Crippen molar-refractivity contribution in [3.05, 3.63) is 36.2 Å². The first-order valence-electron chi connectivity index (χ1n) is 8.04. The molecular formula is C16H17N5O4. The monoisotopic (exact) mass is 343 g/mol. The van der Waals surface area contributed by atoms with Gasteiger partial charge in [-0.3, -0.25) is 4.90 Å². The quantitative estimate of drug-likeness (QED) is 0.895. The molecule has 4 rings (SSSR count). The number of benzene rings is 1. The lowest BCUT2D eigenvalue weighted by Crippen LogP contribution is -2.55. The predicted octanol–water partition coefficient (Wildman–Crippen LogP) is 1.08. The number of nitrogens with one attached hydrogen (secondary N) is 1. The van der Waals surface area contributed by atoms with Gasteiger partial charge in [0.2, 0.25) is 11.8 Å². The van der Waals surface area contributed by atoms with Crippen LogP contribution in [0.1, 0.15) is 5.89 Å². The van der Waals surface area contributed by atoms with Crippen molar-refractivity contribution in [1.29, 1.82) is 0 Å². The third-order valence-corrected chi connectivity index (χ3v) is 4.28. The van der Waals surface area contributed by atoms with Gasteiger partial charge in [-0.25, -0.2) is 9.59 Å². The number of aromatic nitrogens is 2. The number of rotatable bonds is 3. The molecule has 1 unspecified atom stereocenters. The van der Waals surface area contributed by atoms with E-state index < -0.39 is 0 Å². The van der Waals surface area contributed by atoms with Gasteiger partial charge in [0.25, 0.3) is 0 Å². The van der Waals surface area contributed by atoms with Crippen LogP contribution < -0.4 is 5.32 Å². The lowest BCUT2D eigenvalue weighted by molar-refractivity contribution is 0.126. The topological polar surface area (TPSA) is 101 Å². The van der Waals surface area contributed by atoms with E-state index in [1.165, 1.54) is 0 Å². The van der Waals surface area contributed by atoms with Crippen LogP contribution in [0.15, 0.2) is 34.7 Å². The Kier molecular flexibility index (Phi) is 3.96. The van der Waals surface area contributed by atoms with Crippen molar-refractivity contribution in [2.24, 2.45) is 0 Å². The number of ether oxygens (including phenoxy) is 1. The minimum atomic E-state index is -0.302. The average molecular weight is 343 g/mol. The van der Waals surface area contributed by atoms with Gasteiger partial charge in [-0.05, 0) is 12.1 Å². The fourth-order valence-electron chi connectivity index (χ4n) is 2.96. The molecule has 0 spiro atoms. The molecule has 130 valence electrons. The predicted molar refractivity (Wildman–Crippen MR) is 85.4 cm³/mol. The molecule has 2 fully saturated rings. The molecule has 2 aliphatic rings. The second-order valence-corrected chi connectivity index (χ2v) is 5.90. The number of cyclic esters (lactones) is 1. The number of fused-ring (bicyclic) bond motifs is 1. The van der Waals surface area contributed by atoms with Gasteiger partial charge in [-0.1, -0.05) is 18.2 Å². The first-order valence-corrected chi connectivity index (χ1v) is 8.04. The van der Waals surface area contributed by atoms with Crippen molar-refractivity contribution in [1.82, 2.24) is 25.3 Å². The number of nitrogens with zero attached hydrogens (tertiary/aromatic N) is 4. The Morgan fingerprint density at radius 1 is 1.24 bits per heavy atom. The van der Waals surface area contributed by atoms with Crippen molar-refractivity contribution in [3.8, 4) is 11.5 Å². The standard InChI is InChI=1S/C16H17N5O4/c22-15(20-6-7-21-12(9-20)10-24-16(21)23)17-8-13-18-19-14(25-13)11-4-2-1-3-5-11/h1-5,12H,6-10H2,(H,17,22). The van der Waals surface area contributed by atoms with E-state index in [1.807, 2.05) is 30.3 Å². The summed E-state index contributed by atoms with van der Waals surface area (Å²) >= 11 is 0. The molecule has 0 bridgehead atoms. The number of piperazine rings is 1. The van der Waals surface area contributed by atoms with Gasteiger partial charge in [-0.2, -0.15) is 0 Å². The second-order valence-electron chi connectivity index (χ2n) is 5.90. The summed E-state index contributed by atoms with van der Waals surface area (Å²) < 4.78 is 10.6. The van der Waals surface area contributed by atoms with Gasteiger partial charge in [0.05, 0.1) is 12.6 Å². The van der Waals surface area contributed by atoms with E-state index >= 15 is 0 Å². The maximum Gasteiger partial charge on any atom is 0.410 e. The first-order chi connectivity index (χ1) is 12.2. The molecular weight excluding hydrogens is 326 g/mol. The van der Waals surface area contributed by atoms with Gasteiger partial charge < -0.3 is 19.4 Å². The molecule has 0 radical (unpaired) electrons. The highest BCUT2D eigenvalue weighted by Gasteiger charge is 2.38. The number of hydrogen-bond acceptors (Lipinski definition) is 6. The SMILES string of the molecule is O=C(NCc1nnc(-c2ccccc2)o1)N1CCN2C(=O)OCC2C1. The van der Waals surface area contributed by atoms with Crippen LogP contribution in [0, 0.1) is 0 Å². The van der Waals surface area contributed by atoms with Crippen LogP contribution in [0.4, 0.5) is 9.59 Å². The third-order valence-electron chi connectivity index (χ3n) is 4.28. The number of carbonyl (C=O) groups excluding carboxylic acids is 2. The lowest BCUT2D eigenvalue weighted by Gasteiger charge is -2.35. The van der Waals surface area contributed by atoms with Crippen LogP contribution in [0.5, 0.6) is 0 Å². The van der Waals surface area contributed by atoms with Crippen LogP contribution in [0.3, 0.4) is 0 Å². The summed E-state index contributed by atoms with van der Waals surface area (Å²) in [6.07, 6.45) is -0.302. The van der Waals surface area contributed by atoms with Crippen molar-refractivity contribution in [2.75, 3.05) is 26.2 Å². The van der Waals surface area contributed by atoms with Crippen molar-refractivity contribution < 1.29 is 18.7 Å². The van der Waals surface area contributed by atoms with Crippen LogP contribution in [0.2, 0.25) is 0 Å². The van der Waals surface area contributed by atoms with Gasteiger partial charge in [0.15, 0.2) is 0 Å². The van der Waals surface area contributed by atoms with Gasteiger partial charge in [-0.15, -0.1) is 10.2 Å². The Morgan fingerprint density at radius 2 is 2.08 bits per heavy atom. The summed E-state index contributed by atoms with van der Waals surface area (Å²) in [7, 11) is 0. The van der Waals surface area contributed by atoms with E-state index in [0.717, 1.165) is 5.56 Å². The zero-order valence-electron chi connectivity index (χ0n) is 13.4. The minimum Gasteiger partial charge on any atom is -0.447 e. The zero-order chi connectivity index (χ0) is 17.2. The largest absolute Gasteiger partial charge is 0.447 e. The van der Waals surface area contributed by atoms with E-state index in [1.54, 1.807) is 9.80 Å². The fourth-order valence-corrected chi connectivity index (χ4v) is 2.96. The van der Waals surface area contributed by atoms with Crippen LogP contribution >= 0.6 is 0 Å². The smallest absolute Gasteiger partial charge is 0.410 e. The van der Waals surface area contributed by atoms with Gasteiger partial charge in [0.1, 0.15) is 6.61 Å². The van der Waals surface area contributed by atoms with E-state index in [2.05, 4.69) is 15.5 Å². The second kappa shape index (κ2) is 6.42. The summed E-state index contributed by atoms with van der Waals surface area (Å²) in [4.78, 5) is 27.1. The number of carbonyl (C=O) groups is 2. The molecule has 2 saturated heterocycles. The van der Waals surface area contributed by atoms with E-state index in [-0.39, 0.29) is 24.7 Å². The first kappa shape index (κ1) is 15.4. The van der Waals surface area contributed by atoms with Crippen LogP contribution in [0.25, 0.3) is 11.5 Å². The van der Waals surface area contributed by atoms with Crippen LogP contribution in [-0.4, -0.2) is 64.4 Å². The number of hydrogen-bond donors (Lipinski definition) is 1. The zero-order valence-corrected chi connectivity index (χ0v) is 13.4. The highest BCUT2D eigenvalue weighted by atomic mass is 16.6. The minimum absolute atomic E-state index is 0.0694. The van der Waals surface area contributed by atoms with Gasteiger partial charge >= 0.3 is 12.1 Å². The summed E-state index contributed by atoms with van der Waals surface area (Å²) in [5, 5.41) is 10.7. The van der Waals surface area contributed by atoms with E-state index in [4.69, 9.17) is 9.15 Å². The summed E-state index contributed by atoms with van der Waals surface area (Å²) in [5.41, 5.74) is 0.828. The molecule has 0 aliphatic carbocycles. The summed E-state index contributed by atoms with van der Waals surface area (Å²) in [6.45, 7) is 1.88. The van der Waals surface area contributed by atoms with Crippen molar-refractivity contribution >= 4 is 12.1 Å².